The van der Waals surface area contributed by atoms with Crippen LogP contribution in [0.3, 0.4) is 0 Å². The maximum atomic E-state index is 14.0. The normalized spacial score (nSPS) is 11.9. The monoisotopic (exact) mass is 392 g/mol. The number of pyridine rings is 2. The predicted molar refractivity (Wildman–Crippen MR) is 108 cm³/mol. The van der Waals surface area contributed by atoms with E-state index in [0.29, 0.717) is 39.0 Å². The number of fused-ring (bicyclic) bond motifs is 1. The van der Waals surface area contributed by atoms with Crippen LogP contribution in [0.1, 0.15) is 46.6 Å². The summed E-state index contributed by atoms with van der Waals surface area (Å²) in [6.45, 7) is 6.96. The number of benzene rings is 1. The van der Waals surface area contributed by atoms with Gasteiger partial charge in [0.25, 0.3) is 5.56 Å². The number of rotatable bonds is 4. The van der Waals surface area contributed by atoms with Crippen molar-refractivity contribution in [2.45, 2.75) is 40.2 Å². The number of H-pyrrole nitrogens is 1. The highest BCUT2D eigenvalue weighted by atomic mass is 19.1. The van der Waals surface area contributed by atoms with Gasteiger partial charge in [-0.05, 0) is 62.6 Å². The first-order chi connectivity index (χ1) is 13.7. The zero-order valence-electron chi connectivity index (χ0n) is 16.7. The van der Waals surface area contributed by atoms with E-state index in [1.54, 1.807) is 32.9 Å². The van der Waals surface area contributed by atoms with Crippen LogP contribution in [-0.2, 0) is 11.2 Å². The summed E-state index contributed by atoms with van der Waals surface area (Å²) >= 11 is 0. The smallest absolute Gasteiger partial charge is 0.252 e. The van der Waals surface area contributed by atoms with Crippen LogP contribution < -0.4 is 10.9 Å². The molecule has 0 aliphatic heterocycles. The lowest BCUT2D eigenvalue weighted by atomic mass is 9.98. The molecule has 2 N–H and O–H groups in total. The zero-order valence-corrected chi connectivity index (χ0v) is 16.7. The molecule has 1 amide bonds. The van der Waals surface area contributed by atoms with Gasteiger partial charge in [-0.3, -0.25) is 9.59 Å². The van der Waals surface area contributed by atoms with Gasteiger partial charge in [-0.25, -0.2) is 9.37 Å². The Bertz CT molecular complexity index is 1220. The summed E-state index contributed by atoms with van der Waals surface area (Å²) in [7, 11) is 0. The van der Waals surface area contributed by atoms with Crippen LogP contribution in [0.2, 0.25) is 0 Å². The summed E-state index contributed by atoms with van der Waals surface area (Å²) in [5, 5.41) is 12.4. The lowest BCUT2D eigenvalue weighted by Crippen LogP contribution is -2.31. The Hall–Kier alpha value is -3.53. The fourth-order valence-electron chi connectivity index (χ4n) is 3.63. The molecule has 0 bridgehead atoms. The van der Waals surface area contributed by atoms with Crippen LogP contribution in [0, 0.1) is 37.9 Å². The number of aromatic amines is 1. The number of nitrogens with zero attached hydrogens (tertiary/aromatic N) is 2. The maximum Gasteiger partial charge on any atom is 0.252 e. The molecule has 0 saturated carbocycles. The largest absolute Gasteiger partial charge is 0.349 e. The minimum Gasteiger partial charge on any atom is -0.349 e. The lowest BCUT2D eigenvalue weighted by Gasteiger charge is -2.17. The molecule has 0 aliphatic carbocycles. The average molecular weight is 392 g/mol. The van der Waals surface area contributed by atoms with Gasteiger partial charge in [0.15, 0.2) is 0 Å². The van der Waals surface area contributed by atoms with Gasteiger partial charge in [0.05, 0.1) is 12.5 Å². The Morgan fingerprint density at radius 2 is 1.97 bits per heavy atom. The molecule has 148 valence electrons. The molecular formula is C22H21FN4O2. The van der Waals surface area contributed by atoms with Crippen molar-refractivity contribution in [3.63, 3.8) is 0 Å². The summed E-state index contributed by atoms with van der Waals surface area (Å²) in [4.78, 5) is 32.0. The molecule has 2 aromatic heterocycles. The highest BCUT2D eigenvalue weighted by molar-refractivity contribution is 5.88. The molecule has 0 unspecified atom stereocenters. The third kappa shape index (κ3) is 3.87. The van der Waals surface area contributed by atoms with E-state index in [0.717, 1.165) is 5.56 Å². The number of hydrogen-bond acceptors (Lipinski definition) is 4. The SMILES string of the molecule is Cc1nc(C#N)ccc1[C@H](C)NC(=O)Cc1c(C)c2c(C)c(F)ccc2[nH]c1=O. The van der Waals surface area contributed by atoms with Gasteiger partial charge in [-0.1, -0.05) is 6.07 Å². The van der Waals surface area contributed by atoms with Gasteiger partial charge in [-0.2, -0.15) is 5.26 Å². The van der Waals surface area contributed by atoms with Gasteiger partial charge in [0.2, 0.25) is 5.91 Å². The van der Waals surface area contributed by atoms with Crippen molar-refractivity contribution in [1.82, 2.24) is 15.3 Å². The van der Waals surface area contributed by atoms with E-state index in [1.807, 2.05) is 13.0 Å². The first kappa shape index (κ1) is 20.2. The molecule has 0 saturated heterocycles. The van der Waals surface area contributed by atoms with Crippen LogP contribution in [0.15, 0.2) is 29.1 Å². The van der Waals surface area contributed by atoms with Crippen LogP contribution in [0.5, 0.6) is 0 Å². The van der Waals surface area contributed by atoms with Gasteiger partial charge in [-0.15, -0.1) is 0 Å². The highest BCUT2D eigenvalue weighted by Gasteiger charge is 2.18. The van der Waals surface area contributed by atoms with Crippen LogP contribution in [0.25, 0.3) is 10.9 Å². The first-order valence-electron chi connectivity index (χ1n) is 9.20. The standard InChI is InChI=1S/C22H21FN4O2/c1-11-17(22(29)27-19-8-7-18(23)12(2)21(11)19)9-20(28)26-14(4)16-6-5-15(10-24)25-13(16)3/h5-8,14H,9H2,1-4H3,(H,26,28)(H,27,29)/t14-/m0/s1. The maximum absolute atomic E-state index is 14.0. The number of carbonyl (C=O) groups is 1. The van der Waals surface area contributed by atoms with Crippen molar-refractivity contribution in [2.75, 3.05) is 0 Å². The minimum atomic E-state index is -0.361. The second kappa shape index (κ2) is 7.84. The fourth-order valence-corrected chi connectivity index (χ4v) is 3.63. The Morgan fingerprint density at radius 1 is 1.24 bits per heavy atom. The molecule has 6 nitrogen and oxygen atoms in total. The Labute approximate surface area is 167 Å². The van der Waals surface area contributed by atoms with Crippen molar-refractivity contribution in [3.8, 4) is 6.07 Å². The van der Waals surface area contributed by atoms with Crippen LogP contribution in [0.4, 0.5) is 4.39 Å². The van der Waals surface area contributed by atoms with Gasteiger partial charge >= 0.3 is 0 Å². The number of nitrogens with one attached hydrogen (secondary N) is 2. The number of carbonyl (C=O) groups excluding carboxylic acids is 1. The molecule has 3 aromatic rings. The van der Waals surface area contributed by atoms with E-state index in [9.17, 15) is 14.0 Å². The number of amides is 1. The van der Waals surface area contributed by atoms with E-state index >= 15 is 0 Å². The average Bonchev–Trinajstić information content (AvgIpc) is 2.67. The van der Waals surface area contributed by atoms with E-state index in [4.69, 9.17) is 5.26 Å². The van der Waals surface area contributed by atoms with E-state index < -0.39 is 0 Å². The summed E-state index contributed by atoms with van der Waals surface area (Å²) in [5.74, 6) is -0.691. The van der Waals surface area contributed by atoms with Crippen molar-refractivity contribution >= 4 is 16.8 Å². The summed E-state index contributed by atoms with van der Waals surface area (Å²) in [6.07, 6.45) is -0.125. The number of aryl methyl sites for hydroxylation is 3. The number of aromatic nitrogens is 2. The third-order valence-corrected chi connectivity index (χ3v) is 5.17. The van der Waals surface area contributed by atoms with Crippen molar-refractivity contribution in [1.29, 1.82) is 5.26 Å². The minimum absolute atomic E-state index is 0.125. The van der Waals surface area contributed by atoms with Gasteiger partial charge in [0, 0.05) is 22.2 Å². The number of nitriles is 1. The third-order valence-electron chi connectivity index (χ3n) is 5.17. The second-order valence-corrected chi connectivity index (χ2v) is 7.10. The molecule has 2 heterocycles. The molecule has 0 fully saturated rings. The van der Waals surface area contributed by atoms with E-state index in [1.165, 1.54) is 12.1 Å². The second-order valence-electron chi connectivity index (χ2n) is 7.10. The van der Waals surface area contributed by atoms with Crippen molar-refractivity contribution in [2.24, 2.45) is 0 Å². The van der Waals surface area contributed by atoms with E-state index in [2.05, 4.69) is 15.3 Å². The molecule has 3 rings (SSSR count). The molecule has 1 atom stereocenters. The first-order valence-corrected chi connectivity index (χ1v) is 9.20. The lowest BCUT2D eigenvalue weighted by molar-refractivity contribution is -0.121. The van der Waals surface area contributed by atoms with Crippen molar-refractivity contribution < 1.29 is 9.18 Å². The number of halogens is 1. The zero-order chi connectivity index (χ0) is 21.3. The summed E-state index contributed by atoms with van der Waals surface area (Å²) < 4.78 is 14.0. The van der Waals surface area contributed by atoms with Gasteiger partial charge < -0.3 is 10.3 Å². The highest BCUT2D eigenvalue weighted by Crippen LogP contribution is 2.24. The molecule has 7 heteroatoms. The van der Waals surface area contributed by atoms with Gasteiger partial charge in [0.1, 0.15) is 17.6 Å². The van der Waals surface area contributed by atoms with E-state index in [-0.39, 0.29) is 29.7 Å². The molecule has 0 spiro atoms. The molecular weight excluding hydrogens is 371 g/mol. The fraction of sp³-hybridized carbons (Fsp3) is 0.273. The Morgan fingerprint density at radius 3 is 2.62 bits per heavy atom. The molecule has 0 radical (unpaired) electrons. The number of hydrogen-bond donors (Lipinski definition) is 2. The van der Waals surface area contributed by atoms with Crippen LogP contribution >= 0.6 is 0 Å². The predicted octanol–water partition coefficient (Wildman–Crippen LogP) is 3.28. The molecule has 0 aliphatic rings. The summed E-state index contributed by atoms with van der Waals surface area (Å²) in [6, 6.07) is 7.83. The van der Waals surface area contributed by atoms with Crippen LogP contribution in [-0.4, -0.2) is 15.9 Å². The Balaban J connectivity index is 1.87. The summed E-state index contributed by atoms with van der Waals surface area (Å²) in [5.41, 5.74) is 3.28. The molecule has 29 heavy (non-hydrogen) atoms. The molecule has 1 aromatic carbocycles. The quantitative estimate of drug-likeness (QED) is 0.712. The van der Waals surface area contributed by atoms with Crippen molar-refractivity contribution in [3.05, 3.63) is 74.1 Å². The Kier molecular flexibility index (Phi) is 5.46. The topological polar surface area (TPSA) is 98.6 Å².